The third-order valence-corrected chi connectivity index (χ3v) is 4.84. The van der Waals surface area contributed by atoms with Crippen LogP contribution in [0.25, 0.3) is 0 Å². The first kappa shape index (κ1) is 21.0. The highest BCUT2D eigenvalue weighted by atomic mass is 19.1. The van der Waals surface area contributed by atoms with Crippen LogP contribution in [0.3, 0.4) is 0 Å². The number of aryl methyl sites for hydroxylation is 1. The second kappa shape index (κ2) is 9.08. The van der Waals surface area contributed by atoms with E-state index in [1.54, 1.807) is 17.9 Å². The first-order valence-electron chi connectivity index (χ1n) is 9.26. The van der Waals surface area contributed by atoms with Crippen LogP contribution in [0.5, 0.6) is 0 Å². The van der Waals surface area contributed by atoms with Crippen LogP contribution >= 0.6 is 0 Å². The van der Waals surface area contributed by atoms with Crippen LogP contribution in [0.15, 0.2) is 23.8 Å². The van der Waals surface area contributed by atoms with E-state index in [0.717, 1.165) is 5.57 Å². The van der Waals surface area contributed by atoms with Crippen molar-refractivity contribution >= 4 is 11.8 Å². The maximum absolute atomic E-state index is 13.9. The number of carbonyl (C=O) groups is 2. The summed E-state index contributed by atoms with van der Waals surface area (Å²) in [5.74, 6) is -1.16. The number of aromatic nitrogens is 1. The molecule has 6 nitrogen and oxygen atoms in total. The quantitative estimate of drug-likeness (QED) is 0.788. The summed E-state index contributed by atoms with van der Waals surface area (Å²) in [4.78, 5) is 30.3. The summed E-state index contributed by atoms with van der Waals surface area (Å²) in [6, 6.07) is 2.35. The molecule has 27 heavy (non-hydrogen) atoms. The lowest BCUT2D eigenvalue weighted by molar-refractivity contribution is -0.127. The molecule has 1 aliphatic heterocycles. The Morgan fingerprint density at radius 3 is 2.78 bits per heavy atom. The molecule has 2 heterocycles. The summed E-state index contributed by atoms with van der Waals surface area (Å²) >= 11 is 0. The standard InChI is InChI=1S/C20H28FN3O3/c1-12(2)13(3)9-18(26)24-8-7-15(10-16(25)11-24)23-20(27)19-17(21)6-5-14(4)22-19/h5-6,9,12,15-16,25H,7-8,10-11H2,1-4H3,(H,23,27)/b13-9+/t15-,16-/m0/s1. The zero-order chi connectivity index (χ0) is 20.1. The van der Waals surface area contributed by atoms with Gasteiger partial charge < -0.3 is 15.3 Å². The molecule has 2 atom stereocenters. The molecule has 1 aliphatic rings. The topological polar surface area (TPSA) is 82.5 Å². The summed E-state index contributed by atoms with van der Waals surface area (Å²) in [7, 11) is 0. The number of carbonyl (C=O) groups excluding carboxylic acids is 2. The molecule has 1 aromatic rings. The van der Waals surface area contributed by atoms with E-state index in [1.807, 2.05) is 20.8 Å². The number of amides is 2. The first-order chi connectivity index (χ1) is 12.7. The van der Waals surface area contributed by atoms with Crippen LogP contribution in [0.2, 0.25) is 0 Å². The maximum Gasteiger partial charge on any atom is 0.273 e. The highest BCUT2D eigenvalue weighted by Gasteiger charge is 2.27. The van der Waals surface area contributed by atoms with Crippen LogP contribution in [-0.2, 0) is 4.79 Å². The summed E-state index contributed by atoms with van der Waals surface area (Å²) in [6.07, 6.45) is 1.62. The Morgan fingerprint density at radius 2 is 2.11 bits per heavy atom. The second-order valence-electron chi connectivity index (χ2n) is 7.46. The minimum atomic E-state index is -0.759. The van der Waals surface area contributed by atoms with Crippen molar-refractivity contribution < 1.29 is 19.1 Å². The van der Waals surface area contributed by atoms with E-state index in [4.69, 9.17) is 0 Å². The molecule has 0 aliphatic carbocycles. The second-order valence-corrected chi connectivity index (χ2v) is 7.46. The van der Waals surface area contributed by atoms with Crippen molar-refractivity contribution in [3.05, 3.63) is 41.0 Å². The Hall–Kier alpha value is -2.28. The van der Waals surface area contributed by atoms with Gasteiger partial charge in [-0.2, -0.15) is 0 Å². The minimum absolute atomic E-state index is 0.140. The molecule has 148 valence electrons. The number of aliphatic hydroxyl groups excluding tert-OH is 1. The fourth-order valence-electron chi connectivity index (χ4n) is 2.91. The number of allylic oxidation sites excluding steroid dienone is 1. The maximum atomic E-state index is 13.9. The average molecular weight is 377 g/mol. The van der Waals surface area contributed by atoms with Crippen molar-refractivity contribution in [1.29, 1.82) is 0 Å². The molecule has 0 radical (unpaired) electrons. The van der Waals surface area contributed by atoms with Gasteiger partial charge in [-0.25, -0.2) is 9.37 Å². The zero-order valence-corrected chi connectivity index (χ0v) is 16.3. The van der Waals surface area contributed by atoms with Gasteiger partial charge in [0, 0.05) is 30.9 Å². The highest BCUT2D eigenvalue weighted by Crippen LogP contribution is 2.15. The van der Waals surface area contributed by atoms with Gasteiger partial charge in [0.2, 0.25) is 5.91 Å². The molecule has 2 N–H and O–H groups in total. The number of nitrogens with one attached hydrogen (secondary N) is 1. The molecule has 0 unspecified atom stereocenters. The Morgan fingerprint density at radius 1 is 1.41 bits per heavy atom. The lowest BCUT2D eigenvalue weighted by Crippen LogP contribution is -2.38. The molecule has 7 heteroatoms. The normalized spacial score (nSPS) is 21.1. The van der Waals surface area contributed by atoms with Crippen molar-refractivity contribution in [2.75, 3.05) is 13.1 Å². The minimum Gasteiger partial charge on any atom is -0.391 e. The number of halogens is 1. The number of rotatable bonds is 4. The van der Waals surface area contributed by atoms with Crippen LogP contribution in [0, 0.1) is 18.7 Å². The average Bonchev–Trinajstić information content (AvgIpc) is 2.78. The lowest BCUT2D eigenvalue weighted by atomic mass is 10.1. The van der Waals surface area contributed by atoms with Gasteiger partial charge in [-0.05, 0) is 44.7 Å². The van der Waals surface area contributed by atoms with Crippen LogP contribution in [0.4, 0.5) is 4.39 Å². The molecule has 1 saturated heterocycles. The number of aliphatic hydroxyl groups is 1. The molecule has 2 amide bonds. The van der Waals surface area contributed by atoms with Gasteiger partial charge in [-0.1, -0.05) is 19.4 Å². The number of hydrogen-bond donors (Lipinski definition) is 2. The number of hydrogen-bond acceptors (Lipinski definition) is 4. The van der Waals surface area contributed by atoms with E-state index < -0.39 is 17.8 Å². The van der Waals surface area contributed by atoms with E-state index in [2.05, 4.69) is 10.3 Å². The van der Waals surface area contributed by atoms with E-state index in [1.165, 1.54) is 12.1 Å². The number of nitrogens with zero attached hydrogens (tertiary/aromatic N) is 2. The fraction of sp³-hybridized carbons (Fsp3) is 0.550. The Kier molecular flexibility index (Phi) is 7.07. The number of likely N-dealkylation sites (tertiary alicyclic amines) is 1. The van der Waals surface area contributed by atoms with E-state index in [-0.39, 0.29) is 30.1 Å². The molecule has 1 fully saturated rings. The summed E-state index contributed by atoms with van der Waals surface area (Å²) < 4.78 is 13.9. The van der Waals surface area contributed by atoms with Crippen molar-refractivity contribution in [3.8, 4) is 0 Å². The van der Waals surface area contributed by atoms with E-state index in [0.29, 0.717) is 25.1 Å². The van der Waals surface area contributed by atoms with E-state index >= 15 is 0 Å². The largest absolute Gasteiger partial charge is 0.391 e. The summed E-state index contributed by atoms with van der Waals surface area (Å²) in [5.41, 5.74) is 1.27. The molecule has 0 saturated carbocycles. The zero-order valence-electron chi connectivity index (χ0n) is 16.3. The van der Waals surface area contributed by atoms with Crippen LogP contribution in [-0.4, -0.2) is 52.0 Å². The van der Waals surface area contributed by atoms with Crippen LogP contribution < -0.4 is 5.32 Å². The van der Waals surface area contributed by atoms with Gasteiger partial charge in [0.25, 0.3) is 5.91 Å². The van der Waals surface area contributed by atoms with E-state index in [9.17, 15) is 19.1 Å². The molecule has 0 aromatic carbocycles. The van der Waals surface area contributed by atoms with Gasteiger partial charge in [0.15, 0.2) is 11.5 Å². The smallest absolute Gasteiger partial charge is 0.273 e. The lowest BCUT2D eigenvalue weighted by Gasteiger charge is -2.21. The predicted octanol–water partition coefficient (Wildman–Crippen LogP) is 2.21. The number of pyridine rings is 1. The van der Waals surface area contributed by atoms with Crippen LogP contribution in [0.1, 0.15) is 49.8 Å². The molecule has 0 bridgehead atoms. The molecule has 0 spiro atoms. The van der Waals surface area contributed by atoms with Crippen molar-refractivity contribution in [3.63, 3.8) is 0 Å². The molecule has 1 aromatic heterocycles. The number of β-amino-alcohol motifs (C(OH)–C–C–N with tert-alkyl or cyclic N) is 1. The molecule has 2 rings (SSSR count). The van der Waals surface area contributed by atoms with Gasteiger partial charge in [-0.3, -0.25) is 9.59 Å². The summed E-state index contributed by atoms with van der Waals surface area (Å²) in [5, 5.41) is 13.0. The van der Waals surface area contributed by atoms with Gasteiger partial charge >= 0.3 is 0 Å². The third kappa shape index (κ3) is 5.85. The van der Waals surface area contributed by atoms with Gasteiger partial charge in [-0.15, -0.1) is 0 Å². The Bertz CT molecular complexity index is 733. The van der Waals surface area contributed by atoms with Gasteiger partial charge in [0.1, 0.15) is 0 Å². The predicted molar refractivity (Wildman–Crippen MR) is 101 cm³/mol. The first-order valence-corrected chi connectivity index (χ1v) is 9.26. The van der Waals surface area contributed by atoms with Crippen molar-refractivity contribution in [1.82, 2.24) is 15.2 Å². The third-order valence-electron chi connectivity index (χ3n) is 4.84. The monoisotopic (exact) mass is 377 g/mol. The Labute approximate surface area is 159 Å². The van der Waals surface area contributed by atoms with Crippen molar-refractivity contribution in [2.24, 2.45) is 5.92 Å². The SMILES string of the molecule is C/C(=C\C(=O)N1CC[C@H](NC(=O)c2nc(C)ccc2F)C[C@H](O)C1)C(C)C. The van der Waals surface area contributed by atoms with Gasteiger partial charge in [0.05, 0.1) is 6.10 Å². The highest BCUT2D eigenvalue weighted by molar-refractivity contribution is 5.92. The molecular weight excluding hydrogens is 349 g/mol. The fourth-order valence-corrected chi connectivity index (χ4v) is 2.91. The summed E-state index contributed by atoms with van der Waals surface area (Å²) in [6.45, 7) is 8.24. The molecular formula is C20H28FN3O3. The Balaban J connectivity index is 2.03. The van der Waals surface area contributed by atoms with Crippen molar-refractivity contribution in [2.45, 2.75) is 52.7 Å².